The lowest BCUT2D eigenvalue weighted by atomic mass is 9.95. The number of fused-ring (bicyclic) bond motifs is 1. The minimum Gasteiger partial charge on any atom is -0.491 e. The van der Waals surface area contributed by atoms with Crippen molar-refractivity contribution in [3.8, 4) is 22.8 Å². The largest absolute Gasteiger partial charge is 0.491 e. The number of unbranched alkanes of at least 4 members (excludes halogenated alkanes) is 1. The number of hydrogen-bond acceptors (Lipinski definition) is 12. The van der Waals surface area contributed by atoms with Gasteiger partial charge in [-0.05, 0) is 47.1 Å². The molecule has 308 valence electrons. The Labute approximate surface area is 333 Å². The summed E-state index contributed by atoms with van der Waals surface area (Å²) in [6.45, 7) is 5.04. The van der Waals surface area contributed by atoms with Crippen molar-refractivity contribution in [2.45, 2.75) is 31.7 Å². The first kappa shape index (κ1) is 44.4. The summed E-state index contributed by atoms with van der Waals surface area (Å²) in [6.07, 6.45) is 1.27. The van der Waals surface area contributed by atoms with E-state index in [9.17, 15) is 19.5 Å². The summed E-state index contributed by atoms with van der Waals surface area (Å²) in [5.41, 5.74) is 7.89. The van der Waals surface area contributed by atoms with Crippen LogP contribution in [0.4, 0.5) is 5.82 Å². The van der Waals surface area contributed by atoms with Crippen LogP contribution in [-0.4, -0.2) is 114 Å². The minimum atomic E-state index is -1.06. The fourth-order valence-electron chi connectivity index (χ4n) is 5.79. The number of ether oxygens (including phenoxy) is 6. The maximum absolute atomic E-state index is 12.8. The van der Waals surface area contributed by atoms with Gasteiger partial charge in [0, 0.05) is 31.0 Å². The SMILES string of the molecule is COc1cccc(NCCCCC(=O)NCC(=O)NC(CC(=O)O)c2ccc(-c3ccc(OCCOCCOCCOCCOCCN)c4ccccc34)cc2)n1. The van der Waals surface area contributed by atoms with Crippen molar-refractivity contribution in [3.63, 3.8) is 0 Å². The van der Waals surface area contributed by atoms with E-state index in [4.69, 9.17) is 34.2 Å². The van der Waals surface area contributed by atoms with Crippen molar-refractivity contribution in [3.05, 3.63) is 84.4 Å². The number of carbonyl (C=O) groups excluding carboxylic acids is 2. The van der Waals surface area contributed by atoms with Crippen LogP contribution in [0.2, 0.25) is 0 Å². The molecule has 0 spiro atoms. The Balaban J connectivity index is 1.20. The topological polar surface area (TPSA) is 202 Å². The number of nitrogens with two attached hydrogens (primary N) is 1. The average Bonchev–Trinajstić information content (AvgIpc) is 3.22. The maximum Gasteiger partial charge on any atom is 0.305 e. The van der Waals surface area contributed by atoms with Gasteiger partial charge in [0.15, 0.2) is 0 Å². The van der Waals surface area contributed by atoms with Crippen molar-refractivity contribution in [1.29, 1.82) is 0 Å². The second kappa shape index (κ2) is 25.8. The molecule has 1 heterocycles. The van der Waals surface area contributed by atoms with E-state index in [-0.39, 0.29) is 25.3 Å². The average molecular weight is 790 g/mol. The Morgan fingerprint density at radius 2 is 1.40 bits per heavy atom. The van der Waals surface area contributed by atoms with E-state index < -0.39 is 17.9 Å². The molecule has 57 heavy (non-hydrogen) atoms. The fourth-order valence-corrected chi connectivity index (χ4v) is 5.79. The molecule has 0 bridgehead atoms. The Bertz CT molecular complexity index is 1810. The molecular weight excluding hydrogens is 734 g/mol. The molecular formula is C42H55N5O10. The van der Waals surface area contributed by atoms with Crippen LogP contribution >= 0.6 is 0 Å². The van der Waals surface area contributed by atoms with Gasteiger partial charge in [0.1, 0.15) is 18.2 Å². The number of pyridine rings is 1. The number of carboxylic acids is 1. The van der Waals surface area contributed by atoms with Crippen molar-refractivity contribution in [2.75, 3.05) is 91.5 Å². The maximum atomic E-state index is 12.8. The van der Waals surface area contributed by atoms with Gasteiger partial charge >= 0.3 is 5.97 Å². The predicted octanol–water partition coefficient (Wildman–Crippen LogP) is 4.34. The third kappa shape index (κ3) is 16.4. The highest BCUT2D eigenvalue weighted by Gasteiger charge is 2.19. The molecule has 4 aromatic rings. The number of nitrogens with one attached hydrogen (secondary N) is 3. The highest BCUT2D eigenvalue weighted by Crippen LogP contribution is 2.35. The van der Waals surface area contributed by atoms with Gasteiger partial charge in [-0.3, -0.25) is 14.4 Å². The molecule has 6 N–H and O–H groups in total. The molecule has 0 saturated carbocycles. The summed E-state index contributed by atoms with van der Waals surface area (Å²) >= 11 is 0. The summed E-state index contributed by atoms with van der Waals surface area (Å²) in [5.74, 6) is 0.126. The molecule has 1 unspecified atom stereocenters. The number of hydrogen-bond donors (Lipinski definition) is 5. The fraction of sp³-hybridized carbons (Fsp3) is 0.429. The van der Waals surface area contributed by atoms with Crippen molar-refractivity contribution in [2.24, 2.45) is 5.73 Å². The van der Waals surface area contributed by atoms with Crippen molar-refractivity contribution in [1.82, 2.24) is 15.6 Å². The highest BCUT2D eigenvalue weighted by atomic mass is 16.6. The molecule has 0 fully saturated rings. The molecule has 2 amide bonds. The predicted molar refractivity (Wildman–Crippen MR) is 216 cm³/mol. The van der Waals surface area contributed by atoms with Crippen molar-refractivity contribution >= 4 is 34.4 Å². The van der Waals surface area contributed by atoms with Crippen molar-refractivity contribution < 1.29 is 47.9 Å². The molecule has 0 aliphatic carbocycles. The zero-order valence-corrected chi connectivity index (χ0v) is 32.5. The van der Waals surface area contributed by atoms with E-state index in [1.807, 2.05) is 72.8 Å². The van der Waals surface area contributed by atoms with Gasteiger partial charge < -0.3 is 55.2 Å². The number of benzene rings is 3. The van der Waals surface area contributed by atoms with E-state index in [2.05, 4.69) is 20.9 Å². The first-order valence-electron chi connectivity index (χ1n) is 19.2. The third-order valence-electron chi connectivity index (χ3n) is 8.60. The second-order valence-corrected chi connectivity index (χ2v) is 12.8. The molecule has 4 rings (SSSR count). The van der Waals surface area contributed by atoms with Crippen LogP contribution in [0, 0.1) is 0 Å². The first-order chi connectivity index (χ1) is 27.9. The van der Waals surface area contributed by atoms with E-state index in [0.717, 1.165) is 34.1 Å². The number of carbonyl (C=O) groups is 3. The molecule has 0 aliphatic heterocycles. The number of carboxylic acid groups (broad SMARTS) is 1. The molecule has 0 saturated heterocycles. The second-order valence-electron chi connectivity index (χ2n) is 12.8. The summed E-state index contributed by atoms with van der Waals surface area (Å²) in [7, 11) is 1.55. The van der Waals surface area contributed by atoms with Crippen LogP contribution in [0.15, 0.2) is 78.9 Å². The smallest absolute Gasteiger partial charge is 0.305 e. The number of nitrogens with zero attached hydrogens (tertiary/aromatic N) is 1. The molecule has 15 heteroatoms. The first-order valence-corrected chi connectivity index (χ1v) is 19.2. The zero-order valence-electron chi connectivity index (χ0n) is 32.5. The number of anilines is 1. The van der Waals surface area contributed by atoms with E-state index in [0.29, 0.717) is 96.2 Å². The number of aromatic nitrogens is 1. The molecule has 0 radical (unpaired) electrons. The van der Waals surface area contributed by atoms with Crippen LogP contribution < -0.4 is 31.2 Å². The summed E-state index contributed by atoms with van der Waals surface area (Å²) in [6, 6.07) is 23.9. The van der Waals surface area contributed by atoms with E-state index in [1.54, 1.807) is 13.2 Å². The third-order valence-corrected chi connectivity index (χ3v) is 8.60. The van der Waals surface area contributed by atoms with Crippen LogP contribution in [0.25, 0.3) is 21.9 Å². The van der Waals surface area contributed by atoms with Gasteiger partial charge in [0.2, 0.25) is 17.7 Å². The number of aliphatic carboxylic acids is 1. The van der Waals surface area contributed by atoms with Gasteiger partial charge in [0.25, 0.3) is 0 Å². The highest BCUT2D eigenvalue weighted by molar-refractivity contribution is 6.00. The van der Waals surface area contributed by atoms with Crippen LogP contribution in [0.5, 0.6) is 11.6 Å². The Kier molecular flexibility index (Phi) is 20.1. The van der Waals surface area contributed by atoms with E-state index in [1.165, 1.54) is 0 Å². The minimum absolute atomic E-state index is 0.248. The van der Waals surface area contributed by atoms with Gasteiger partial charge in [-0.15, -0.1) is 0 Å². The molecule has 1 atom stereocenters. The standard InChI is InChI=1S/C42H55N5O10/c1-52-41-11-6-9-38(47-41)44-19-5-4-10-39(48)45-30-40(49)46-36(29-42(50)51)32-14-12-31(13-15-32)33-16-17-37(35-8-3-2-7-34(33)35)57-28-27-56-26-25-55-24-23-54-22-21-53-20-18-43/h2-3,6-9,11-17,36H,4-5,10,18-30,43H2,1H3,(H,44,47)(H,45,48)(H,46,49)(H,50,51). The Hall–Kier alpha value is -5.32. The quantitative estimate of drug-likeness (QED) is 0.0487. The monoisotopic (exact) mass is 789 g/mol. The van der Waals surface area contributed by atoms with Gasteiger partial charge in [-0.1, -0.05) is 60.7 Å². The van der Waals surface area contributed by atoms with Gasteiger partial charge in [-0.25, -0.2) is 0 Å². The molecule has 0 aliphatic rings. The normalized spacial score (nSPS) is 11.5. The zero-order chi connectivity index (χ0) is 40.5. The number of rotatable bonds is 29. The van der Waals surface area contributed by atoms with Crippen LogP contribution in [0.1, 0.15) is 37.3 Å². The molecule has 15 nitrogen and oxygen atoms in total. The number of amides is 2. The van der Waals surface area contributed by atoms with Gasteiger partial charge in [-0.2, -0.15) is 4.98 Å². The van der Waals surface area contributed by atoms with Gasteiger partial charge in [0.05, 0.1) is 79.0 Å². The Morgan fingerprint density at radius 3 is 2.07 bits per heavy atom. The lowest BCUT2D eigenvalue weighted by molar-refractivity contribution is -0.138. The summed E-state index contributed by atoms with van der Waals surface area (Å²) < 4.78 is 33.1. The molecule has 1 aromatic heterocycles. The lowest BCUT2D eigenvalue weighted by Crippen LogP contribution is -2.39. The number of methoxy groups -OCH3 is 1. The molecule has 3 aromatic carbocycles. The lowest BCUT2D eigenvalue weighted by Gasteiger charge is -2.19. The van der Waals surface area contributed by atoms with Crippen LogP contribution in [-0.2, 0) is 33.3 Å². The Morgan fingerprint density at radius 1 is 0.737 bits per heavy atom. The summed E-state index contributed by atoms with van der Waals surface area (Å²) in [4.78, 5) is 41.2. The van der Waals surface area contributed by atoms with Crippen LogP contribution in [0.3, 0.4) is 0 Å². The van der Waals surface area contributed by atoms with E-state index >= 15 is 0 Å². The summed E-state index contributed by atoms with van der Waals surface area (Å²) in [5, 5.41) is 20.1.